The van der Waals surface area contributed by atoms with Gasteiger partial charge in [-0.2, -0.15) is 0 Å². The Morgan fingerprint density at radius 1 is 1.46 bits per heavy atom. The first-order valence-electron chi connectivity index (χ1n) is 4.22. The molecule has 0 saturated carbocycles. The molecule has 13 heavy (non-hydrogen) atoms. The van der Waals surface area contributed by atoms with E-state index >= 15 is 0 Å². The van der Waals surface area contributed by atoms with Crippen LogP contribution in [0.3, 0.4) is 0 Å². The normalized spacial score (nSPS) is 12.6. The lowest BCUT2D eigenvalue weighted by molar-refractivity contribution is 0.817. The van der Waals surface area contributed by atoms with Crippen molar-refractivity contribution in [2.24, 2.45) is 5.73 Å². The molecule has 1 atom stereocenters. The summed E-state index contributed by atoms with van der Waals surface area (Å²) < 4.78 is 1.06. The van der Waals surface area contributed by atoms with Gasteiger partial charge in [0, 0.05) is 10.5 Å². The van der Waals surface area contributed by atoms with E-state index in [-0.39, 0.29) is 6.04 Å². The maximum atomic E-state index is 5.80. The monoisotopic (exact) mass is 239 g/mol. The molecule has 2 N–H and O–H groups in total. The van der Waals surface area contributed by atoms with Crippen molar-refractivity contribution in [3.63, 3.8) is 0 Å². The molecule has 0 heterocycles. The highest BCUT2D eigenvalue weighted by atomic mass is 79.9. The minimum absolute atomic E-state index is 0.0654. The van der Waals surface area contributed by atoms with Gasteiger partial charge in [-0.25, -0.2) is 0 Å². The first kappa shape index (κ1) is 10.5. The van der Waals surface area contributed by atoms with Crippen LogP contribution < -0.4 is 5.73 Å². The third-order valence-corrected chi connectivity index (χ3v) is 2.40. The van der Waals surface area contributed by atoms with Crippen molar-refractivity contribution in [2.75, 3.05) is 0 Å². The number of rotatable bonds is 2. The standard InChI is InChI=1S/C11H14BrN/c1-7(2)9-4-10(8(3)13)6-11(12)5-9/h4-6,8H,1,13H2,2-3H3. The molecule has 0 bridgehead atoms. The highest BCUT2D eigenvalue weighted by molar-refractivity contribution is 9.10. The predicted octanol–water partition coefficient (Wildman–Crippen LogP) is 3.50. The number of nitrogens with two attached hydrogens (primary N) is 1. The Morgan fingerprint density at radius 3 is 2.54 bits per heavy atom. The van der Waals surface area contributed by atoms with Gasteiger partial charge in [-0.1, -0.05) is 28.1 Å². The number of allylic oxidation sites excluding steroid dienone is 1. The summed E-state index contributed by atoms with van der Waals surface area (Å²) in [7, 11) is 0. The minimum Gasteiger partial charge on any atom is -0.324 e. The fourth-order valence-corrected chi connectivity index (χ4v) is 1.63. The van der Waals surface area contributed by atoms with Gasteiger partial charge in [0.05, 0.1) is 0 Å². The van der Waals surface area contributed by atoms with E-state index in [9.17, 15) is 0 Å². The van der Waals surface area contributed by atoms with Crippen LogP contribution in [0.1, 0.15) is 31.0 Å². The van der Waals surface area contributed by atoms with Crippen LogP contribution in [0.5, 0.6) is 0 Å². The largest absolute Gasteiger partial charge is 0.324 e. The third kappa shape index (κ3) is 2.68. The molecule has 0 aromatic heterocycles. The van der Waals surface area contributed by atoms with Crippen molar-refractivity contribution < 1.29 is 0 Å². The SMILES string of the molecule is C=C(C)c1cc(Br)cc(C(C)N)c1. The summed E-state index contributed by atoms with van der Waals surface area (Å²) >= 11 is 3.45. The molecule has 0 amide bonds. The molecule has 1 nitrogen and oxygen atoms in total. The summed E-state index contributed by atoms with van der Waals surface area (Å²) in [6, 6.07) is 6.24. The van der Waals surface area contributed by atoms with Gasteiger partial charge in [0.25, 0.3) is 0 Å². The van der Waals surface area contributed by atoms with E-state index in [1.165, 1.54) is 0 Å². The lowest BCUT2D eigenvalue weighted by Crippen LogP contribution is -2.05. The lowest BCUT2D eigenvalue weighted by Gasteiger charge is -2.09. The van der Waals surface area contributed by atoms with E-state index in [2.05, 4.69) is 28.6 Å². The third-order valence-electron chi connectivity index (χ3n) is 1.94. The highest BCUT2D eigenvalue weighted by Crippen LogP contribution is 2.23. The van der Waals surface area contributed by atoms with Gasteiger partial charge in [-0.15, -0.1) is 0 Å². The van der Waals surface area contributed by atoms with Crippen LogP contribution >= 0.6 is 15.9 Å². The van der Waals surface area contributed by atoms with Gasteiger partial charge in [-0.05, 0) is 43.2 Å². The van der Waals surface area contributed by atoms with Gasteiger partial charge in [0.2, 0.25) is 0 Å². The van der Waals surface area contributed by atoms with E-state index in [0.29, 0.717) is 0 Å². The zero-order chi connectivity index (χ0) is 10.0. The first-order valence-corrected chi connectivity index (χ1v) is 5.02. The van der Waals surface area contributed by atoms with Gasteiger partial charge >= 0.3 is 0 Å². The van der Waals surface area contributed by atoms with E-state index in [4.69, 9.17) is 5.73 Å². The van der Waals surface area contributed by atoms with Crippen LogP contribution in [0.2, 0.25) is 0 Å². The zero-order valence-electron chi connectivity index (χ0n) is 7.97. The lowest BCUT2D eigenvalue weighted by atomic mass is 10.0. The van der Waals surface area contributed by atoms with Crippen molar-refractivity contribution in [3.05, 3.63) is 40.4 Å². The number of hydrogen-bond donors (Lipinski definition) is 1. The Morgan fingerprint density at radius 2 is 2.08 bits per heavy atom. The van der Waals surface area contributed by atoms with Gasteiger partial charge in [-0.3, -0.25) is 0 Å². The van der Waals surface area contributed by atoms with Gasteiger partial charge in [0.1, 0.15) is 0 Å². The maximum absolute atomic E-state index is 5.80. The van der Waals surface area contributed by atoms with Crippen molar-refractivity contribution in [3.8, 4) is 0 Å². The maximum Gasteiger partial charge on any atom is 0.0266 e. The van der Waals surface area contributed by atoms with Crippen molar-refractivity contribution in [1.82, 2.24) is 0 Å². The molecule has 0 fully saturated rings. The van der Waals surface area contributed by atoms with Gasteiger partial charge < -0.3 is 5.73 Å². The van der Waals surface area contributed by atoms with E-state index < -0.39 is 0 Å². The van der Waals surface area contributed by atoms with Crippen LogP contribution in [0, 0.1) is 0 Å². The molecule has 70 valence electrons. The topological polar surface area (TPSA) is 26.0 Å². The van der Waals surface area contributed by atoms with Crippen LogP contribution in [0.25, 0.3) is 5.57 Å². The van der Waals surface area contributed by atoms with Crippen LogP contribution in [-0.4, -0.2) is 0 Å². The molecule has 0 saturated heterocycles. The molecule has 0 aliphatic rings. The first-order chi connectivity index (χ1) is 6.00. The van der Waals surface area contributed by atoms with E-state index in [0.717, 1.165) is 21.2 Å². The number of halogens is 1. The van der Waals surface area contributed by atoms with Crippen LogP contribution in [0.4, 0.5) is 0 Å². The molecule has 0 radical (unpaired) electrons. The molecule has 2 heteroatoms. The minimum atomic E-state index is 0.0654. The Bertz CT molecular complexity index is 329. The van der Waals surface area contributed by atoms with Crippen molar-refractivity contribution in [2.45, 2.75) is 19.9 Å². The average Bonchev–Trinajstić information content (AvgIpc) is 2.03. The number of benzene rings is 1. The second kappa shape index (κ2) is 4.07. The summed E-state index contributed by atoms with van der Waals surface area (Å²) in [6.45, 7) is 7.87. The molecular weight excluding hydrogens is 226 g/mol. The molecule has 1 rings (SSSR count). The van der Waals surface area contributed by atoms with Crippen LogP contribution in [-0.2, 0) is 0 Å². The summed E-state index contributed by atoms with van der Waals surface area (Å²) in [6.07, 6.45) is 0. The molecule has 0 aliphatic carbocycles. The molecule has 0 aliphatic heterocycles. The second-order valence-electron chi connectivity index (χ2n) is 3.34. The predicted molar refractivity (Wildman–Crippen MR) is 61.5 cm³/mol. The quantitative estimate of drug-likeness (QED) is 0.841. The Balaban J connectivity index is 3.19. The Labute approximate surface area is 87.8 Å². The Hall–Kier alpha value is -0.600. The highest BCUT2D eigenvalue weighted by Gasteiger charge is 2.03. The van der Waals surface area contributed by atoms with Crippen LogP contribution in [0.15, 0.2) is 29.3 Å². The zero-order valence-corrected chi connectivity index (χ0v) is 9.56. The second-order valence-corrected chi connectivity index (χ2v) is 4.26. The Kier molecular flexibility index (Phi) is 3.28. The van der Waals surface area contributed by atoms with E-state index in [1.54, 1.807) is 0 Å². The van der Waals surface area contributed by atoms with Crippen molar-refractivity contribution >= 4 is 21.5 Å². The average molecular weight is 240 g/mol. The smallest absolute Gasteiger partial charge is 0.0266 e. The molecule has 1 unspecified atom stereocenters. The van der Waals surface area contributed by atoms with E-state index in [1.807, 2.05) is 26.0 Å². The fraction of sp³-hybridized carbons (Fsp3) is 0.273. The summed E-state index contributed by atoms with van der Waals surface area (Å²) in [5.74, 6) is 0. The summed E-state index contributed by atoms with van der Waals surface area (Å²) in [5.41, 5.74) is 9.13. The summed E-state index contributed by atoms with van der Waals surface area (Å²) in [4.78, 5) is 0. The molecule has 0 spiro atoms. The molecule has 1 aromatic carbocycles. The summed E-state index contributed by atoms with van der Waals surface area (Å²) in [5, 5.41) is 0. The number of hydrogen-bond acceptors (Lipinski definition) is 1. The molecular formula is C11H14BrN. The van der Waals surface area contributed by atoms with Gasteiger partial charge in [0.15, 0.2) is 0 Å². The van der Waals surface area contributed by atoms with Crippen molar-refractivity contribution in [1.29, 1.82) is 0 Å². The fourth-order valence-electron chi connectivity index (χ4n) is 1.12. The molecule has 1 aromatic rings.